The van der Waals surface area contributed by atoms with Crippen LogP contribution < -0.4 is 5.56 Å². The first kappa shape index (κ1) is 24.3. The van der Waals surface area contributed by atoms with Crippen molar-refractivity contribution in [1.82, 2.24) is 30.1 Å². The van der Waals surface area contributed by atoms with Crippen LogP contribution >= 0.6 is 0 Å². The van der Waals surface area contributed by atoms with E-state index < -0.39 is 0 Å². The van der Waals surface area contributed by atoms with E-state index in [1.165, 1.54) is 25.0 Å². The minimum absolute atomic E-state index is 0.0937. The topological polar surface area (TPSA) is 79.7 Å². The van der Waals surface area contributed by atoms with Gasteiger partial charge in [0.1, 0.15) is 5.82 Å². The van der Waals surface area contributed by atoms with Crippen LogP contribution in [0, 0.1) is 19.7 Å². The van der Waals surface area contributed by atoms with Crippen molar-refractivity contribution >= 4 is 10.9 Å². The Morgan fingerprint density at radius 2 is 1.86 bits per heavy atom. The first-order valence-electron chi connectivity index (χ1n) is 12.8. The number of nitrogens with zero attached hydrogens (tertiary/aromatic N) is 5. The zero-order valence-electron chi connectivity index (χ0n) is 21.2. The lowest BCUT2D eigenvalue weighted by Crippen LogP contribution is -2.32. The molecule has 2 aromatic carbocycles. The van der Waals surface area contributed by atoms with E-state index in [0.29, 0.717) is 24.7 Å². The standard InChI is InChI=1S/C28H33FN6O/c1-4-25(27-31-32-33-35(27)24-7-5-6-8-24)34(16-20-9-11-23(29)12-10-20)17-22-15-21-14-18(2)13-19(3)26(21)30-28(22)36/h9-15,24-25H,4-8,16-17H2,1-3H3,(H,30,36)/t25-/m1/s1. The SMILES string of the molecule is CC[C@H](c1nnnn1C1CCCC1)N(Cc1ccc(F)cc1)Cc1cc2cc(C)cc(C)c2[nH]c1=O. The lowest BCUT2D eigenvalue weighted by molar-refractivity contribution is 0.158. The van der Waals surface area contributed by atoms with Gasteiger partial charge >= 0.3 is 0 Å². The fourth-order valence-electron chi connectivity index (χ4n) is 5.60. The van der Waals surface area contributed by atoms with E-state index in [9.17, 15) is 9.18 Å². The van der Waals surface area contributed by atoms with Gasteiger partial charge in [-0.15, -0.1) is 5.10 Å². The third-order valence-corrected chi connectivity index (χ3v) is 7.36. The van der Waals surface area contributed by atoms with E-state index in [0.717, 1.165) is 52.7 Å². The van der Waals surface area contributed by atoms with E-state index in [4.69, 9.17) is 0 Å². The molecule has 0 radical (unpaired) electrons. The molecule has 188 valence electrons. The number of nitrogens with one attached hydrogen (secondary N) is 1. The Labute approximate surface area is 210 Å². The molecule has 0 spiro atoms. The minimum atomic E-state index is -0.265. The predicted octanol–water partition coefficient (Wildman–Crippen LogP) is 5.54. The lowest BCUT2D eigenvalue weighted by atomic mass is 10.0. The van der Waals surface area contributed by atoms with Gasteiger partial charge in [0, 0.05) is 18.7 Å². The number of rotatable bonds is 8. The Kier molecular flexibility index (Phi) is 6.96. The van der Waals surface area contributed by atoms with Gasteiger partial charge in [-0.3, -0.25) is 9.69 Å². The first-order chi connectivity index (χ1) is 17.4. The molecule has 5 rings (SSSR count). The number of H-pyrrole nitrogens is 1. The van der Waals surface area contributed by atoms with Crippen LogP contribution in [-0.2, 0) is 13.1 Å². The van der Waals surface area contributed by atoms with Gasteiger partial charge in [0.2, 0.25) is 0 Å². The van der Waals surface area contributed by atoms with Crippen LogP contribution in [0.15, 0.2) is 47.3 Å². The van der Waals surface area contributed by atoms with Crippen molar-refractivity contribution in [1.29, 1.82) is 0 Å². The number of tetrazole rings is 1. The molecule has 2 aromatic heterocycles. The number of fused-ring (bicyclic) bond motifs is 1. The Hall–Kier alpha value is -3.39. The largest absolute Gasteiger partial charge is 0.321 e. The maximum absolute atomic E-state index is 13.6. The van der Waals surface area contributed by atoms with Crippen LogP contribution in [0.1, 0.15) is 79.2 Å². The highest BCUT2D eigenvalue weighted by molar-refractivity contribution is 5.82. The van der Waals surface area contributed by atoms with Crippen LogP contribution in [0.2, 0.25) is 0 Å². The van der Waals surface area contributed by atoms with Gasteiger partial charge in [-0.25, -0.2) is 9.07 Å². The number of hydrogen-bond acceptors (Lipinski definition) is 5. The molecule has 1 aliphatic rings. The summed E-state index contributed by atoms with van der Waals surface area (Å²) in [6.45, 7) is 7.16. The van der Waals surface area contributed by atoms with Gasteiger partial charge in [-0.2, -0.15) is 0 Å². The van der Waals surface area contributed by atoms with Gasteiger partial charge < -0.3 is 4.98 Å². The average Bonchev–Trinajstić information content (AvgIpc) is 3.54. The van der Waals surface area contributed by atoms with Crippen LogP contribution in [-0.4, -0.2) is 30.1 Å². The van der Waals surface area contributed by atoms with Crippen LogP contribution in [0.5, 0.6) is 0 Å². The second-order valence-electron chi connectivity index (χ2n) is 10.0. The monoisotopic (exact) mass is 488 g/mol. The summed E-state index contributed by atoms with van der Waals surface area (Å²) in [5.74, 6) is 0.564. The van der Waals surface area contributed by atoms with Crippen LogP contribution in [0.25, 0.3) is 10.9 Å². The maximum Gasteiger partial charge on any atom is 0.252 e. The third kappa shape index (κ3) is 4.95. The Morgan fingerprint density at radius 3 is 2.58 bits per heavy atom. The highest BCUT2D eigenvalue weighted by atomic mass is 19.1. The zero-order chi connectivity index (χ0) is 25.2. The number of pyridine rings is 1. The summed E-state index contributed by atoms with van der Waals surface area (Å²) in [7, 11) is 0. The minimum Gasteiger partial charge on any atom is -0.321 e. The lowest BCUT2D eigenvalue weighted by Gasteiger charge is -2.31. The molecular weight excluding hydrogens is 455 g/mol. The molecule has 1 aliphatic carbocycles. The van der Waals surface area contributed by atoms with Crippen molar-refractivity contribution in [2.45, 2.75) is 78.0 Å². The fraction of sp³-hybridized carbons (Fsp3) is 0.429. The summed E-state index contributed by atoms with van der Waals surface area (Å²) in [5, 5.41) is 13.9. The highest BCUT2D eigenvalue weighted by Gasteiger charge is 2.29. The molecular formula is C28H33FN6O. The third-order valence-electron chi connectivity index (χ3n) is 7.36. The molecule has 2 heterocycles. The molecule has 8 heteroatoms. The number of aromatic nitrogens is 5. The predicted molar refractivity (Wildman–Crippen MR) is 138 cm³/mol. The van der Waals surface area contributed by atoms with Crippen LogP contribution in [0.4, 0.5) is 4.39 Å². The number of aromatic amines is 1. The van der Waals surface area contributed by atoms with Gasteiger partial charge in [0.05, 0.1) is 17.6 Å². The van der Waals surface area contributed by atoms with Crippen molar-refractivity contribution in [2.24, 2.45) is 0 Å². The fourth-order valence-corrected chi connectivity index (χ4v) is 5.60. The van der Waals surface area contributed by atoms with Crippen molar-refractivity contribution in [3.05, 3.63) is 86.7 Å². The second kappa shape index (κ2) is 10.3. The summed E-state index contributed by atoms with van der Waals surface area (Å²) >= 11 is 0. The molecule has 0 bridgehead atoms. The molecule has 0 saturated heterocycles. The molecule has 36 heavy (non-hydrogen) atoms. The van der Waals surface area contributed by atoms with E-state index in [-0.39, 0.29) is 17.4 Å². The number of hydrogen-bond donors (Lipinski definition) is 1. The molecule has 0 unspecified atom stereocenters. The van der Waals surface area contributed by atoms with Gasteiger partial charge in [-0.05, 0) is 84.3 Å². The summed E-state index contributed by atoms with van der Waals surface area (Å²) in [6, 6.07) is 12.9. The van der Waals surface area contributed by atoms with Gasteiger partial charge in [0.15, 0.2) is 5.82 Å². The quantitative estimate of drug-likeness (QED) is 0.352. The van der Waals surface area contributed by atoms with Crippen LogP contribution in [0.3, 0.4) is 0 Å². The molecule has 7 nitrogen and oxygen atoms in total. The summed E-state index contributed by atoms with van der Waals surface area (Å²) in [6.07, 6.45) is 5.31. The second-order valence-corrected chi connectivity index (χ2v) is 10.0. The molecule has 1 atom stereocenters. The molecule has 1 saturated carbocycles. The first-order valence-corrected chi connectivity index (χ1v) is 12.8. The van der Waals surface area contributed by atoms with Crippen molar-refractivity contribution < 1.29 is 4.39 Å². The Bertz CT molecular complexity index is 1400. The normalized spacial score (nSPS) is 15.2. The van der Waals surface area contributed by atoms with Crippen molar-refractivity contribution in [3.8, 4) is 0 Å². The Balaban J connectivity index is 1.55. The summed E-state index contributed by atoms with van der Waals surface area (Å²) in [5.41, 5.74) is 4.65. The molecule has 4 aromatic rings. The van der Waals surface area contributed by atoms with E-state index in [1.54, 1.807) is 12.1 Å². The Morgan fingerprint density at radius 1 is 1.11 bits per heavy atom. The molecule has 0 amide bonds. The number of halogens is 1. The van der Waals surface area contributed by atoms with Gasteiger partial charge in [0.25, 0.3) is 5.56 Å². The molecule has 0 aliphatic heterocycles. The highest BCUT2D eigenvalue weighted by Crippen LogP contribution is 2.33. The maximum atomic E-state index is 13.6. The summed E-state index contributed by atoms with van der Waals surface area (Å²) < 4.78 is 15.6. The summed E-state index contributed by atoms with van der Waals surface area (Å²) in [4.78, 5) is 18.5. The number of aryl methyl sites for hydroxylation is 2. The van der Waals surface area contributed by atoms with E-state index >= 15 is 0 Å². The van der Waals surface area contributed by atoms with Crippen molar-refractivity contribution in [2.75, 3.05) is 0 Å². The van der Waals surface area contributed by atoms with Gasteiger partial charge in [-0.1, -0.05) is 43.5 Å². The molecule has 1 fully saturated rings. The van der Waals surface area contributed by atoms with E-state index in [2.05, 4.69) is 51.4 Å². The average molecular weight is 489 g/mol. The van der Waals surface area contributed by atoms with Crippen molar-refractivity contribution in [3.63, 3.8) is 0 Å². The van der Waals surface area contributed by atoms with E-state index in [1.807, 2.05) is 17.7 Å². The zero-order valence-corrected chi connectivity index (χ0v) is 21.2. The number of benzene rings is 2. The molecule has 1 N–H and O–H groups in total. The smallest absolute Gasteiger partial charge is 0.252 e.